The van der Waals surface area contributed by atoms with Gasteiger partial charge in [-0.1, -0.05) is 0 Å². The van der Waals surface area contributed by atoms with Crippen LogP contribution in [0.1, 0.15) is 24.8 Å². The Labute approximate surface area is 137 Å². The lowest BCUT2D eigenvalue weighted by molar-refractivity contribution is -0.137. The Morgan fingerprint density at radius 3 is 2.38 bits per heavy atom. The molecule has 0 aliphatic carbocycles. The first-order valence-corrected chi connectivity index (χ1v) is 7.83. The zero-order valence-electron chi connectivity index (χ0n) is 13.0. The molecule has 0 spiro atoms. The lowest BCUT2D eigenvalue weighted by atomic mass is 10.1. The largest absolute Gasteiger partial charge is 0.416 e. The summed E-state index contributed by atoms with van der Waals surface area (Å²) in [4.78, 5) is 26.8. The van der Waals surface area contributed by atoms with Crippen LogP contribution in [0.5, 0.6) is 0 Å². The first-order valence-electron chi connectivity index (χ1n) is 7.83. The van der Waals surface area contributed by atoms with Gasteiger partial charge in [-0.2, -0.15) is 13.2 Å². The summed E-state index contributed by atoms with van der Waals surface area (Å²) in [5.74, 6) is -1.66. The Hall–Kier alpha value is -2.25. The molecule has 0 aromatic heterocycles. The molecule has 130 valence electrons. The van der Waals surface area contributed by atoms with Crippen LogP contribution in [0.4, 0.5) is 24.5 Å². The number of halogens is 3. The van der Waals surface area contributed by atoms with Crippen LogP contribution in [0.15, 0.2) is 18.2 Å². The van der Waals surface area contributed by atoms with Gasteiger partial charge in [0.15, 0.2) is 0 Å². The predicted molar refractivity (Wildman–Crippen MR) is 82.5 cm³/mol. The van der Waals surface area contributed by atoms with E-state index in [9.17, 15) is 22.8 Å². The van der Waals surface area contributed by atoms with E-state index < -0.39 is 23.6 Å². The van der Waals surface area contributed by atoms with Crippen molar-refractivity contribution in [2.75, 3.05) is 29.4 Å². The normalized spacial score (nSPS) is 21.6. The van der Waals surface area contributed by atoms with Gasteiger partial charge >= 0.3 is 6.18 Å². The topological polar surface area (TPSA) is 66.6 Å². The van der Waals surface area contributed by atoms with Gasteiger partial charge in [0.1, 0.15) is 0 Å². The Bertz CT molecular complexity index is 669. The number of alkyl halides is 3. The fourth-order valence-corrected chi connectivity index (χ4v) is 3.27. The zero-order valence-corrected chi connectivity index (χ0v) is 13.0. The van der Waals surface area contributed by atoms with Gasteiger partial charge in [0.2, 0.25) is 11.8 Å². The molecule has 2 heterocycles. The molecule has 5 nitrogen and oxygen atoms in total. The maximum atomic E-state index is 13.1. The number of carbonyl (C=O) groups is 2. The molecule has 2 N–H and O–H groups in total. The van der Waals surface area contributed by atoms with Crippen molar-refractivity contribution in [3.05, 3.63) is 23.8 Å². The minimum absolute atomic E-state index is 0.0241. The summed E-state index contributed by atoms with van der Waals surface area (Å²) < 4.78 is 39.2. The summed E-state index contributed by atoms with van der Waals surface area (Å²) in [5.41, 5.74) is 5.25. The number of anilines is 2. The van der Waals surface area contributed by atoms with Crippen molar-refractivity contribution in [2.45, 2.75) is 25.4 Å². The van der Waals surface area contributed by atoms with E-state index in [1.165, 1.54) is 11.0 Å². The van der Waals surface area contributed by atoms with Gasteiger partial charge in [-0.15, -0.1) is 0 Å². The number of benzene rings is 1. The maximum Gasteiger partial charge on any atom is 0.416 e. The van der Waals surface area contributed by atoms with Crippen LogP contribution in [-0.2, 0) is 15.8 Å². The number of amides is 2. The second kappa shape index (κ2) is 5.99. The van der Waals surface area contributed by atoms with Crippen molar-refractivity contribution in [2.24, 2.45) is 11.7 Å². The fraction of sp³-hybridized carbons (Fsp3) is 0.500. The number of nitrogens with zero attached hydrogens (tertiary/aromatic N) is 2. The quantitative estimate of drug-likeness (QED) is 0.916. The molecular weight excluding hydrogens is 323 g/mol. The van der Waals surface area contributed by atoms with E-state index in [0.717, 1.165) is 38.1 Å². The van der Waals surface area contributed by atoms with Gasteiger partial charge in [0, 0.05) is 26.1 Å². The molecule has 1 aromatic carbocycles. The molecule has 1 atom stereocenters. The van der Waals surface area contributed by atoms with Crippen LogP contribution in [0.3, 0.4) is 0 Å². The van der Waals surface area contributed by atoms with Crippen molar-refractivity contribution in [1.82, 2.24) is 0 Å². The summed E-state index contributed by atoms with van der Waals surface area (Å²) in [5, 5.41) is 0. The molecule has 0 saturated carbocycles. The highest BCUT2D eigenvalue weighted by Crippen LogP contribution is 2.40. The minimum atomic E-state index is -4.50. The first-order chi connectivity index (χ1) is 11.3. The fourth-order valence-electron chi connectivity index (χ4n) is 3.27. The van der Waals surface area contributed by atoms with Gasteiger partial charge in [-0.3, -0.25) is 9.59 Å². The summed E-state index contributed by atoms with van der Waals surface area (Å²) in [6, 6.07) is 3.44. The number of hydrogen-bond acceptors (Lipinski definition) is 3. The van der Waals surface area contributed by atoms with Gasteiger partial charge in [0.05, 0.1) is 22.9 Å². The van der Waals surface area contributed by atoms with Crippen LogP contribution in [-0.4, -0.2) is 31.4 Å². The second-order valence-electron chi connectivity index (χ2n) is 6.20. The highest BCUT2D eigenvalue weighted by Gasteiger charge is 2.38. The summed E-state index contributed by atoms with van der Waals surface area (Å²) in [6.07, 6.45) is -2.65. The van der Waals surface area contributed by atoms with Crippen LogP contribution in [0.25, 0.3) is 0 Å². The second-order valence-corrected chi connectivity index (χ2v) is 6.20. The average Bonchev–Trinajstić information content (AvgIpc) is 3.15. The molecule has 0 bridgehead atoms. The van der Waals surface area contributed by atoms with Gasteiger partial charge in [-0.05, 0) is 31.0 Å². The Morgan fingerprint density at radius 1 is 1.17 bits per heavy atom. The number of primary amides is 1. The Balaban J connectivity index is 2.02. The first kappa shape index (κ1) is 16.6. The smallest absolute Gasteiger partial charge is 0.370 e. The minimum Gasteiger partial charge on any atom is -0.370 e. The Morgan fingerprint density at radius 2 is 1.83 bits per heavy atom. The summed E-state index contributed by atoms with van der Waals surface area (Å²) in [7, 11) is 0. The average molecular weight is 341 g/mol. The van der Waals surface area contributed by atoms with Crippen molar-refractivity contribution in [1.29, 1.82) is 0 Å². The summed E-state index contributed by atoms with van der Waals surface area (Å²) >= 11 is 0. The predicted octanol–water partition coefficient (Wildman–Crippen LogP) is 2.14. The van der Waals surface area contributed by atoms with E-state index in [0.29, 0.717) is 5.69 Å². The molecule has 2 fully saturated rings. The number of nitrogens with two attached hydrogens (primary N) is 1. The number of rotatable bonds is 3. The lowest BCUT2D eigenvalue weighted by Crippen LogP contribution is -2.30. The summed E-state index contributed by atoms with van der Waals surface area (Å²) in [6.45, 7) is 1.50. The van der Waals surface area contributed by atoms with Gasteiger partial charge in [0.25, 0.3) is 0 Å². The van der Waals surface area contributed by atoms with Crippen molar-refractivity contribution in [3.8, 4) is 0 Å². The standard InChI is InChI=1S/C16H18F3N3O2/c17-16(18,19)11-3-4-12(21-5-1-2-6-21)13(8-11)22-9-10(15(20)24)7-14(22)23/h3-4,8,10H,1-2,5-7,9H2,(H2,20,24)/t10-/m1/s1. The molecule has 0 radical (unpaired) electrons. The Kier molecular flexibility index (Phi) is 4.15. The van der Waals surface area contributed by atoms with Gasteiger partial charge in [-0.25, -0.2) is 0 Å². The van der Waals surface area contributed by atoms with Crippen LogP contribution < -0.4 is 15.5 Å². The molecule has 3 rings (SSSR count). The molecule has 2 saturated heterocycles. The molecule has 2 aliphatic heterocycles. The zero-order chi connectivity index (χ0) is 17.5. The molecule has 24 heavy (non-hydrogen) atoms. The van der Waals surface area contributed by atoms with Crippen molar-refractivity contribution >= 4 is 23.2 Å². The third kappa shape index (κ3) is 3.05. The van der Waals surface area contributed by atoms with Crippen LogP contribution >= 0.6 is 0 Å². The molecule has 1 aromatic rings. The van der Waals surface area contributed by atoms with Crippen LogP contribution in [0.2, 0.25) is 0 Å². The highest BCUT2D eigenvalue weighted by molar-refractivity contribution is 6.02. The third-order valence-electron chi connectivity index (χ3n) is 4.57. The van der Waals surface area contributed by atoms with Gasteiger partial charge < -0.3 is 15.5 Å². The SMILES string of the molecule is NC(=O)[C@@H]1CC(=O)N(c2cc(C(F)(F)F)ccc2N2CCCC2)C1. The van der Waals surface area contributed by atoms with E-state index in [1.807, 2.05) is 4.90 Å². The monoisotopic (exact) mass is 341 g/mol. The molecular formula is C16H18F3N3O2. The lowest BCUT2D eigenvalue weighted by Gasteiger charge is -2.27. The number of carbonyl (C=O) groups excluding carboxylic acids is 2. The van der Waals surface area contributed by atoms with E-state index in [-0.39, 0.29) is 24.6 Å². The van der Waals surface area contributed by atoms with Crippen LogP contribution in [0, 0.1) is 5.92 Å². The molecule has 2 amide bonds. The maximum absolute atomic E-state index is 13.1. The third-order valence-corrected chi connectivity index (χ3v) is 4.57. The van der Waals surface area contributed by atoms with Crippen molar-refractivity contribution in [3.63, 3.8) is 0 Å². The molecule has 0 unspecified atom stereocenters. The van der Waals surface area contributed by atoms with E-state index >= 15 is 0 Å². The van der Waals surface area contributed by atoms with E-state index in [4.69, 9.17) is 5.73 Å². The molecule has 8 heteroatoms. The van der Waals surface area contributed by atoms with E-state index in [1.54, 1.807) is 0 Å². The van der Waals surface area contributed by atoms with Crippen molar-refractivity contribution < 1.29 is 22.8 Å². The number of hydrogen-bond donors (Lipinski definition) is 1. The van der Waals surface area contributed by atoms with E-state index in [2.05, 4.69) is 0 Å². The molecule has 2 aliphatic rings. The highest BCUT2D eigenvalue weighted by atomic mass is 19.4.